The van der Waals surface area contributed by atoms with E-state index in [1.807, 2.05) is 0 Å². The minimum absolute atomic E-state index is 1.04. The van der Waals surface area contributed by atoms with Crippen LogP contribution in [0.5, 0.6) is 0 Å². The molecule has 0 bridgehead atoms. The van der Waals surface area contributed by atoms with Crippen molar-refractivity contribution < 1.29 is 0 Å². The Hall–Kier alpha value is 0.167. The molecule has 1 rings (SSSR count). The SMILES string of the molecule is Cc1ccc(I)cc1CC[Si]. The first-order valence-electron chi connectivity index (χ1n) is 3.63. The van der Waals surface area contributed by atoms with Gasteiger partial charge in [-0.05, 0) is 59.2 Å². The van der Waals surface area contributed by atoms with E-state index in [2.05, 4.69) is 58.0 Å². The lowest BCUT2D eigenvalue weighted by molar-refractivity contribution is 1.10. The summed E-state index contributed by atoms with van der Waals surface area (Å²) in [6, 6.07) is 7.61. The molecule has 0 saturated carbocycles. The summed E-state index contributed by atoms with van der Waals surface area (Å²) in [5, 5.41) is 0. The molecule has 0 nitrogen and oxygen atoms in total. The van der Waals surface area contributed by atoms with Gasteiger partial charge in [0.2, 0.25) is 0 Å². The van der Waals surface area contributed by atoms with E-state index >= 15 is 0 Å². The molecule has 1 aromatic carbocycles. The van der Waals surface area contributed by atoms with E-state index in [0.29, 0.717) is 0 Å². The molecule has 0 aliphatic carbocycles. The Bertz CT molecular complexity index is 245. The van der Waals surface area contributed by atoms with Crippen molar-refractivity contribution in [3.05, 3.63) is 32.9 Å². The van der Waals surface area contributed by atoms with Gasteiger partial charge in [-0.2, -0.15) is 0 Å². The second-order valence-electron chi connectivity index (χ2n) is 2.57. The summed E-state index contributed by atoms with van der Waals surface area (Å²) in [6.45, 7) is 2.16. The first-order chi connectivity index (χ1) is 5.24. The molecule has 1 aromatic rings. The lowest BCUT2D eigenvalue weighted by Crippen LogP contribution is -1.89. The van der Waals surface area contributed by atoms with Crippen LogP contribution < -0.4 is 0 Å². The lowest BCUT2D eigenvalue weighted by Gasteiger charge is -2.03. The lowest BCUT2D eigenvalue weighted by atomic mass is 10.1. The highest BCUT2D eigenvalue weighted by atomic mass is 127. The highest BCUT2D eigenvalue weighted by Crippen LogP contribution is 2.14. The molecule has 0 fully saturated rings. The molecule has 0 N–H and O–H groups in total. The van der Waals surface area contributed by atoms with E-state index in [4.69, 9.17) is 0 Å². The summed E-state index contributed by atoms with van der Waals surface area (Å²) in [6.07, 6.45) is 1.12. The molecule has 3 radical (unpaired) electrons. The van der Waals surface area contributed by atoms with E-state index in [1.165, 1.54) is 14.7 Å². The Labute approximate surface area is 85.0 Å². The highest BCUT2D eigenvalue weighted by molar-refractivity contribution is 14.1. The van der Waals surface area contributed by atoms with Gasteiger partial charge in [0.1, 0.15) is 0 Å². The number of aryl methyl sites for hydroxylation is 2. The first kappa shape index (κ1) is 9.26. The molecule has 0 unspecified atom stereocenters. The summed E-state index contributed by atoms with van der Waals surface area (Å²) in [5.74, 6) is 0. The Morgan fingerprint density at radius 3 is 2.82 bits per heavy atom. The van der Waals surface area contributed by atoms with E-state index in [0.717, 1.165) is 12.5 Å². The average molecular weight is 273 g/mol. The van der Waals surface area contributed by atoms with Crippen molar-refractivity contribution in [3.63, 3.8) is 0 Å². The molecule has 0 aromatic heterocycles. The summed E-state index contributed by atoms with van der Waals surface area (Å²) in [4.78, 5) is 0. The molecular weight excluding hydrogens is 263 g/mol. The predicted molar refractivity (Wildman–Crippen MR) is 58.2 cm³/mol. The van der Waals surface area contributed by atoms with Crippen molar-refractivity contribution >= 4 is 32.8 Å². The van der Waals surface area contributed by atoms with E-state index < -0.39 is 0 Å². The molecule has 0 spiro atoms. The van der Waals surface area contributed by atoms with Gasteiger partial charge in [0, 0.05) is 13.8 Å². The molecule has 2 heteroatoms. The Balaban J connectivity index is 2.93. The Morgan fingerprint density at radius 2 is 2.18 bits per heavy atom. The molecule has 11 heavy (non-hydrogen) atoms. The maximum Gasteiger partial charge on any atom is 0.0225 e. The Morgan fingerprint density at radius 1 is 1.45 bits per heavy atom. The second-order valence-corrected chi connectivity index (χ2v) is 4.32. The van der Waals surface area contributed by atoms with Gasteiger partial charge in [-0.1, -0.05) is 12.1 Å². The second kappa shape index (κ2) is 4.26. The van der Waals surface area contributed by atoms with Crippen LogP contribution >= 0.6 is 22.6 Å². The zero-order valence-corrected chi connectivity index (χ0v) is 9.68. The standard InChI is InChI=1S/C9H10ISi/c1-7-2-3-9(10)6-8(7)4-5-11/h2-3,6H,4-5H2,1H3. The first-order valence-corrected chi connectivity index (χ1v) is 5.42. The normalized spacial score (nSPS) is 10.1. The van der Waals surface area contributed by atoms with Crippen molar-refractivity contribution in [1.29, 1.82) is 0 Å². The molecule has 57 valence electrons. The highest BCUT2D eigenvalue weighted by Gasteiger charge is 1.96. The van der Waals surface area contributed by atoms with Crippen molar-refractivity contribution in [2.24, 2.45) is 0 Å². The molecule has 0 saturated heterocycles. The summed E-state index contributed by atoms with van der Waals surface area (Å²) >= 11 is 2.35. The van der Waals surface area contributed by atoms with Crippen LogP contribution in [0, 0.1) is 10.5 Å². The number of benzene rings is 1. The van der Waals surface area contributed by atoms with Gasteiger partial charge in [-0.3, -0.25) is 0 Å². The number of rotatable bonds is 2. The van der Waals surface area contributed by atoms with Crippen molar-refractivity contribution in [1.82, 2.24) is 0 Å². The van der Waals surface area contributed by atoms with Crippen LogP contribution in [0.4, 0.5) is 0 Å². The van der Waals surface area contributed by atoms with Crippen molar-refractivity contribution in [2.75, 3.05) is 0 Å². The van der Waals surface area contributed by atoms with Gasteiger partial charge in [0.15, 0.2) is 0 Å². The molecule has 0 aliphatic heterocycles. The molecule has 0 atom stereocenters. The number of hydrogen-bond acceptors (Lipinski definition) is 0. The monoisotopic (exact) mass is 273 g/mol. The van der Waals surface area contributed by atoms with Gasteiger partial charge in [-0.25, -0.2) is 0 Å². The van der Waals surface area contributed by atoms with Crippen LogP contribution in [0.2, 0.25) is 6.04 Å². The van der Waals surface area contributed by atoms with Gasteiger partial charge >= 0.3 is 0 Å². The zero-order valence-electron chi connectivity index (χ0n) is 6.52. The maximum atomic E-state index is 3.49. The zero-order chi connectivity index (χ0) is 8.27. The van der Waals surface area contributed by atoms with Gasteiger partial charge < -0.3 is 0 Å². The summed E-state index contributed by atoms with van der Waals surface area (Å²) < 4.78 is 1.32. The van der Waals surface area contributed by atoms with Gasteiger partial charge in [0.05, 0.1) is 0 Å². The minimum atomic E-state index is 1.04. The van der Waals surface area contributed by atoms with Crippen LogP contribution in [0.1, 0.15) is 11.1 Å². The smallest absolute Gasteiger partial charge is 0.0225 e. The fraction of sp³-hybridized carbons (Fsp3) is 0.333. The third kappa shape index (κ3) is 2.59. The molecule has 0 heterocycles. The van der Waals surface area contributed by atoms with Crippen LogP contribution in [0.15, 0.2) is 18.2 Å². The van der Waals surface area contributed by atoms with Crippen molar-refractivity contribution in [3.8, 4) is 0 Å². The predicted octanol–water partition coefficient (Wildman–Crippen LogP) is 2.73. The fourth-order valence-corrected chi connectivity index (χ4v) is 1.87. The van der Waals surface area contributed by atoms with Crippen LogP contribution in [0.25, 0.3) is 0 Å². The van der Waals surface area contributed by atoms with Gasteiger partial charge in [-0.15, -0.1) is 0 Å². The minimum Gasteiger partial charge on any atom is -0.0597 e. The van der Waals surface area contributed by atoms with E-state index in [1.54, 1.807) is 0 Å². The number of hydrogen-bond donors (Lipinski definition) is 0. The average Bonchev–Trinajstić information content (AvgIpc) is 1.98. The van der Waals surface area contributed by atoms with Crippen LogP contribution in [-0.2, 0) is 6.42 Å². The third-order valence-corrected chi connectivity index (χ3v) is 2.63. The molecule has 0 amide bonds. The van der Waals surface area contributed by atoms with Crippen LogP contribution in [0.3, 0.4) is 0 Å². The summed E-state index contributed by atoms with van der Waals surface area (Å²) in [7, 11) is 3.49. The topological polar surface area (TPSA) is 0 Å². The fourth-order valence-electron chi connectivity index (χ4n) is 1.04. The largest absolute Gasteiger partial charge is 0.0597 e. The maximum absolute atomic E-state index is 3.49. The van der Waals surface area contributed by atoms with Crippen LogP contribution in [-0.4, -0.2) is 10.2 Å². The van der Waals surface area contributed by atoms with E-state index in [9.17, 15) is 0 Å². The van der Waals surface area contributed by atoms with Crippen molar-refractivity contribution in [2.45, 2.75) is 19.4 Å². The summed E-state index contributed by atoms with van der Waals surface area (Å²) in [5.41, 5.74) is 2.84. The van der Waals surface area contributed by atoms with Gasteiger partial charge in [0.25, 0.3) is 0 Å². The number of halogens is 1. The molecule has 0 aliphatic rings. The third-order valence-electron chi connectivity index (χ3n) is 1.71. The molecular formula is C9H10ISi. The quantitative estimate of drug-likeness (QED) is 0.574. The Kier molecular flexibility index (Phi) is 3.58. The van der Waals surface area contributed by atoms with E-state index in [-0.39, 0.29) is 0 Å².